The van der Waals surface area contributed by atoms with Crippen LogP contribution in [-0.4, -0.2) is 23.9 Å². The lowest BCUT2D eigenvalue weighted by atomic mass is 10.3. The van der Waals surface area contributed by atoms with Gasteiger partial charge >= 0.3 is 0 Å². The maximum Gasteiger partial charge on any atom is 0.131 e. The van der Waals surface area contributed by atoms with Gasteiger partial charge in [-0.2, -0.15) is 0 Å². The molecule has 82 valence electrons. The molecule has 0 N–H and O–H groups in total. The van der Waals surface area contributed by atoms with Gasteiger partial charge in [0.15, 0.2) is 0 Å². The van der Waals surface area contributed by atoms with Crippen LogP contribution in [0.3, 0.4) is 0 Å². The zero-order valence-electron chi connectivity index (χ0n) is 8.60. The molecular formula is C11H14BrO2P. The Bertz CT molecular complexity index is 379. The minimum Gasteiger partial charge on any atom is -0.380 e. The number of halogens is 1. The molecule has 1 aromatic carbocycles. The molecule has 4 heteroatoms. The van der Waals surface area contributed by atoms with E-state index in [1.807, 2.05) is 30.3 Å². The van der Waals surface area contributed by atoms with Gasteiger partial charge in [0.05, 0.1) is 10.7 Å². The zero-order valence-corrected chi connectivity index (χ0v) is 11.1. The molecule has 1 heterocycles. The standard InChI is InChI=1S/C11H14BrO2P/c1-14-10-7-8-15(13,11(10)12)9-5-3-2-4-6-9/h2-6,10-11H,7-8H2,1H3. The van der Waals surface area contributed by atoms with Crippen molar-refractivity contribution in [2.24, 2.45) is 0 Å². The molecule has 0 spiro atoms. The van der Waals surface area contributed by atoms with Crippen LogP contribution in [-0.2, 0) is 9.30 Å². The van der Waals surface area contributed by atoms with Crippen molar-refractivity contribution in [3.63, 3.8) is 0 Å². The summed E-state index contributed by atoms with van der Waals surface area (Å²) < 4.78 is 18.1. The van der Waals surface area contributed by atoms with Crippen LogP contribution in [0.25, 0.3) is 0 Å². The number of hydrogen-bond acceptors (Lipinski definition) is 2. The molecule has 0 aromatic heterocycles. The van der Waals surface area contributed by atoms with Crippen LogP contribution < -0.4 is 5.30 Å². The number of benzene rings is 1. The third-order valence-corrected chi connectivity index (χ3v) is 8.75. The molecule has 1 saturated heterocycles. The minimum absolute atomic E-state index is 0.0302. The molecule has 0 saturated carbocycles. The van der Waals surface area contributed by atoms with E-state index in [9.17, 15) is 4.57 Å². The van der Waals surface area contributed by atoms with Crippen LogP contribution in [0.15, 0.2) is 30.3 Å². The third kappa shape index (κ3) is 1.93. The maximum absolute atomic E-state index is 12.8. The third-order valence-electron chi connectivity index (χ3n) is 2.95. The summed E-state index contributed by atoms with van der Waals surface area (Å²) in [5, 5.41) is 0.964. The average molecular weight is 289 g/mol. The van der Waals surface area contributed by atoms with Crippen LogP contribution in [0.1, 0.15) is 6.42 Å². The summed E-state index contributed by atoms with van der Waals surface area (Å²) in [5.41, 5.74) is 0. The summed E-state index contributed by atoms with van der Waals surface area (Å²) >= 11 is 3.54. The number of rotatable bonds is 2. The molecule has 1 aliphatic heterocycles. The lowest BCUT2D eigenvalue weighted by molar-refractivity contribution is 0.119. The number of methoxy groups -OCH3 is 1. The van der Waals surface area contributed by atoms with Crippen molar-refractivity contribution in [3.05, 3.63) is 30.3 Å². The van der Waals surface area contributed by atoms with Gasteiger partial charge < -0.3 is 9.30 Å². The fourth-order valence-corrected chi connectivity index (χ4v) is 6.75. The van der Waals surface area contributed by atoms with Gasteiger partial charge in [-0.25, -0.2) is 0 Å². The number of hydrogen-bond donors (Lipinski definition) is 0. The SMILES string of the molecule is COC1CCP(=O)(c2ccccc2)C1Br. The lowest BCUT2D eigenvalue weighted by Gasteiger charge is -2.18. The summed E-state index contributed by atoms with van der Waals surface area (Å²) in [6, 6.07) is 9.73. The molecule has 0 radical (unpaired) electrons. The Balaban J connectivity index is 2.33. The summed E-state index contributed by atoms with van der Waals surface area (Å²) in [7, 11) is -0.614. The van der Waals surface area contributed by atoms with Crippen molar-refractivity contribution in [1.29, 1.82) is 0 Å². The Labute approximate surface area is 98.5 Å². The molecule has 1 aromatic rings. The van der Waals surface area contributed by atoms with Crippen molar-refractivity contribution in [1.82, 2.24) is 0 Å². The molecule has 0 aliphatic carbocycles. The van der Waals surface area contributed by atoms with E-state index >= 15 is 0 Å². The molecule has 2 nitrogen and oxygen atoms in total. The molecular weight excluding hydrogens is 275 g/mol. The largest absolute Gasteiger partial charge is 0.380 e. The van der Waals surface area contributed by atoms with Gasteiger partial charge in [0, 0.05) is 18.6 Å². The first-order valence-electron chi connectivity index (χ1n) is 5.00. The zero-order chi connectivity index (χ0) is 10.9. The van der Waals surface area contributed by atoms with E-state index in [1.165, 1.54) is 0 Å². The van der Waals surface area contributed by atoms with Crippen LogP contribution in [0.5, 0.6) is 0 Å². The molecule has 1 aliphatic rings. The molecule has 0 amide bonds. The predicted molar refractivity (Wildman–Crippen MR) is 66.7 cm³/mol. The van der Waals surface area contributed by atoms with Crippen molar-refractivity contribution in [2.45, 2.75) is 17.1 Å². The van der Waals surface area contributed by atoms with E-state index in [4.69, 9.17) is 4.74 Å². The molecule has 1 fully saturated rings. The summed E-state index contributed by atoms with van der Waals surface area (Å²) in [4.78, 5) is 0. The quantitative estimate of drug-likeness (QED) is 0.618. The summed E-state index contributed by atoms with van der Waals surface area (Å²) in [6.45, 7) is 0. The van der Waals surface area contributed by atoms with Crippen LogP contribution in [0.2, 0.25) is 0 Å². The molecule has 0 bridgehead atoms. The highest BCUT2D eigenvalue weighted by molar-refractivity contribution is 9.10. The highest BCUT2D eigenvalue weighted by Gasteiger charge is 2.44. The first kappa shape index (κ1) is 11.4. The van der Waals surface area contributed by atoms with E-state index in [2.05, 4.69) is 15.9 Å². The monoisotopic (exact) mass is 288 g/mol. The molecule has 3 atom stereocenters. The van der Waals surface area contributed by atoms with Gasteiger partial charge in [0.25, 0.3) is 0 Å². The van der Waals surface area contributed by atoms with E-state index in [-0.39, 0.29) is 10.7 Å². The first-order valence-corrected chi connectivity index (χ1v) is 7.87. The maximum atomic E-state index is 12.8. The summed E-state index contributed by atoms with van der Waals surface area (Å²) in [5.74, 6) is 0. The molecule has 15 heavy (non-hydrogen) atoms. The average Bonchev–Trinajstić information content (AvgIpc) is 2.58. The van der Waals surface area contributed by atoms with Crippen molar-refractivity contribution in [3.8, 4) is 0 Å². The van der Waals surface area contributed by atoms with E-state index in [1.54, 1.807) is 7.11 Å². The lowest BCUT2D eigenvalue weighted by Crippen LogP contribution is -2.19. The van der Waals surface area contributed by atoms with Crippen LogP contribution >= 0.6 is 23.1 Å². The minimum atomic E-state index is -2.29. The first-order chi connectivity index (χ1) is 7.18. The van der Waals surface area contributed by atoms with Gasteiger partial charge in [-0.3, -0.25) is 0 Å². The fourth-order valence-electron chi connectivity index (χ4n) is 2.03. The highest BCUT2D eigenvalue weighted by Crippen LogP contribution is 2.59. The summed E-state index contributed by atoms with van der Waals surface area (Å²) in [6.07, 6.45) is 1.69. The normalized spacial score (nSPS) is 35.6. The van der Waals surface area contributed by atoms with Gasteiger partial charge in [-0.15, -0.1) is 0 Å². The molecule has 3 unspecified atom stereocenters. The Kier molecular flexibility index (Phi) is 3.34. The van der Waals surface area contributed by atoms with Crippen LogP contribution in [0, 0.1) is 0 Å². The van der Waals surface area contributed by atoms with Gasteiger partial charge in [0.2, 0.25) is 0 Å². The van der Waals surface area contributed by atoms with E-state index in [0.29, 0.717) is 0 Å². The highest BCUT2D eigenvalue weighted by atomic mass is 79.9. The van der Waals surface area contributed by atoms with Gasteiger partial charge in [-0.05, 0) is 6.42 Å². The molecule has 2 rings (SSSR count). The Hall–Kier alpha value is -0.110. The Morgan fingerprint density at radius 2 is 2.07 bits per heavy atom. The van der Waals surface area contributed by atoms with Gasteiger partial charge in [0.1, 0.15) is 7.14 Å². The second-order valence-corrected chi connectivity index (χ2v) is 8.60. The topological polar surface area (TPSA) is 26.3 Å². The predicted octanol–water partition coefficient (Wildman–Crippen LogP) is 2.81. The van der Waals surface area contributed by atoms with Crippen molar-refractivity contribution in [2.75, 3.05) is 13.3 Å². The van der Waals surface area contributed by atoms with Crippen molar-refractivity contribution < 1.29 is 9.30 Å². The van der Waals surface area contributed by atoms with Crippen molar-refractivity contribution >= 4 is 28.4 Å². The second kappa shape index (κ2) is 4.40. The smallest absolute Gasteiger partial charge is 0.131 e. The fraction of sp³-hybridized carbons (Fsp3) is 0.455. The van der Waals surface area contributed by atoms with E-state index in [0.717, 1.165) is 17.9 Å². The van der Waals surface area contributed by atoms with E-state index < -0.39 is 7.14 Å². The van der Waals surface area contributed by atoms with Gasteiger partial charge in [-0.1, -0.05) is 46.3 Å². The Morgan fingerprint density at radius 1 is 1.40 bits per heavy atom. The van der Waals surface area contributed by atoms with Crippen LogP contribution in [0.4, 0.5) is 0 Å². The number of alkyl halides is 1. The second-order valence-electron chi connectivity index (χ2n) is 3.79. The Morgan fingerprint density at radius 3 is 2.60 bits per heavy atom. The number of ether oxygens (including phenoxy) is 1.